The summed E-state index contributed by atoms with van der Waals surface area (Å²) in [6.07, 6.45) is 1.74. The Balaban J connectivity index is 2.76. The Morgan fingerprint density at radius 1 is 1.31 bits per heavy atom. The highest BCUT2D eigenvalue weighted by Gasteiger charge is 2.14. The summed E-state index contributed by atoms with van der Waals surface area (Å²) in [7, 11) is 0. The maximum atomic E-state index is 11.8. The molecule has 3 heteroatoms. The van der Waals surface area contributed by atoms with E-state index in [0.29, 0.717) is 5.82 Å². The first-order valence-corrected chi connectivity index (χ1v) is 5.83. The van der Waals surface area contributed by atoms with Gasteiger partial charge in [-0.1, -0.05) is 13.8 Å². The molecule has 1 rings (SSSR count). The predicted octanol–water partition coefficient (Wildman–Crippen LogP) is 3.07. The van der Waals surface area contributed by atoms with Crippen LogP contribution in [0.5, 0.6) is 0 Å². The zero-order chi connectivity index (χ0) is 12.1. The third kappa shape index (κ3) is 3.33. The number of anilines is 1. The van der Waals surface area contributed by atoms with E-state index < -0.39 is 0 Å². The van der Waals surface area contributed by atoms with Gasteiger partial charge in [-0.3, -0.25) is 4.79 Å². The highest BCUT2D eigenvalue weighted by Crippen LogP contribution is 2.13. The number of pyridine rings is 1. The fourth-order valence-corrected chi connectivity index (χ4v) is 1.79. The van der Waals surface area contributed by atoms with E-state index in [1.165, 1.54) is 0 Å². The van der Waals surface area contributed by atoms with Crippen molar-refractivity contribution < 1.29 is 4.79 Å². The lowest BCUT2D eigenvalue weighted by Crippen LogP contribution is -2.22. The quantitative estimate of drug-likeness (QED) is 0.847. The van der Waals surface area contributed by atoms with Crippen molar-refractivity contribution in [2.45, 2.75) is 40.5 Å². The number of rotatable bonds is 4. The molecule has 1 N–H and O–H groups in total. The molecule has 0 unspecified atom stereocenters. The van der Waals surface area contributed by atoms with Crippen molar-refractivity contribution in [1.29, 1.82) is 0 Å². The minimum Gasteiger partial charge on any atom is -0.310 e. The molecule has 0 spiro atoms. The Morgan fingerprint density at radius 2 is 1.94 bits per heavy atom. The molecular formula is C13H20N2O. The van der Waals surface area contributed by atoms with Crippen molar-refractivity contribution >= 4 is 11.7 Å². The standard InChI is InChI=1S/C13H20N2O/c1-5-11(6-2)13(16)15-12-8-9(3)7-10(4)14-12/h7-8,11H,5-6H2,1-4H3,(H,14,15,16). The molecule has 0 fully saturated rings. The molecule has 1 aromatic rings. The average Bonchev–Trinajstić information content (AvgIpc) is 2.17. The van der Waals surface area contributed by atoms with E-state index in [9.17, 15) is 4.79 Å². The van der Waals surface area contributed by atoms with Gasteiger partial charge in [0.2, 0.25) is 5.91 Å². The summed E-state index contributed by atoms with van der Waals surface area (Å²) in [4.78, 5) is 16.1. The van der Waals surface area contributed by atoms with Gasteiger partial charge in [-0.15, -0.1) is 0 Å². The predicted molar refractivity (Wildman–Crippen MR) is 66.4 cm³/mol. The lowest BCUT2D eigenvalue weighted by molar-refractivity contribution is -0.120. The summed E-state index contributed by atoms with van der Waals surface area (Å²) in [6.45, 7) is 7.99. The topological polar surface area (TPSA) is 42.0 Å². The lowest BCUT2D eigenvalue weighted by Gasteiger charge is -2.12. The first-order valence-electron chi connectivity index (χ1n) is 5.83. The van der Waals surface area contributed by atoms with E-state index in [1.807, 2.05) is 39.8 Å². The SMILES string of the molecule is CCC(CC)C(=O)Nc1cc(C)cc(C)n1. The highest BCUT2D eigenvalue weighted by atomic mass is 16.1. The second kappa shape index (κ2) is 5.64. The van der Waals surface area contributed by atoms with Gasteiger partial charge in [-0.05, 0) is 44.4 Å². The monoisotopic (exact) mass is 220 g/mol. The van der Waals surface area contributed by atoms with Gasteiger partial charge in [0.25, 0.3) is 0 Å². The van der Waals surface area contributed by atoms with Crippen LogP contribution >= 0.6 is 0 Å². The summed E-state index contributed by atoms with van der Waals surface area (Å²) in [5.41, 5.74) is 2.05. The molecule has 1 heterocycles. The molecule has 0 bridgehead atoms. The van der Waals surface area contributed by atoms with Gasteiger partial charge in [0.1, 0.15) is 5.82 Å². The van der Waals surface area contributed by atoms with E-state index in [-0.39, 0.29) is 11.8 Å². The summed E-state index contributed by atoms with van der Waals surface area (Å²) >= 11 is 0. The molecule has 0 saturated carbocycles. The van der Waals surface area contributed by atoms with Crippen molar-refractivity contribution in [3.05, 3.63) is 23.4 Å². The number of carbonyl (C=O) groups is 1. The molecule has 0 atom stereocenters. The average molecular weight is 220 g/mol. The van der Waals surface area contributed by atoms with Crippen LogP contribution < -0.4 is 5.32 Å². The van der Waals surface area contributed by atoms with Crippen LogP contribution in [0.3, 0.4) is 0 Å². The molecule has 0 aliphatic heterocycles. The number of nitrogens with zero attached hydrogens (tertiary/aromatic N) is 1. The Kier molecular flexibility index (Phi) is 4.47. The van der Waals surface area contributed by atoms with Crippen LogP contribution in [0.1, 0.15) is 37.9 Å². The smallest absolute Gasteiger partial charge is 0.228 e. The zero-order valence-corrected chi connectivity index (χ0v) is 10.5. The van der Waals surface area contributed by atoms with Crippen molar-refractivity contribution in [2.75, 3.05) is 5.32 Å². The van der Waals surface area contributed by atoms with Crippen molar-refractivity contribution in [2.24, 2.45) is 5.92 Å². The van der Waals surface area contributed by atoms with Gasteiger partial charge >= 0.3 is 0 Å². The first-order chi connectivity index (χ1) is 7.56. The van der Waals surface area contributed by atoms with Gasteiger partial charge in [-0.25, -0.2) is 4.98 Å². The molecule has 3 nitrogen and oxygen atoms in total. The van der Waals surface area contributed by atoms with Crippen LogP contribution in [0.15, 0.2) is 12.1 Å². The van der Waals surface area contributed by atoms with Crippen molar-refractivity contribution in [1.82, 2.24) is 4.98 Å². The first kappa shape index (κ1) is 12.7. The highest BCUT2D eigenvalue weighted by molar-refractivity contribution is 5.91. The molecule has 0 saturated heterocycles. The third-order valence-corrected chi connectivity index (χ3v) is 2.71. The van der Waals surface area contributed by atoms with Crippen LogP contribution in [-0.4, -0.2) is 10.9 Å². The Labute approximate surface area is 97.3 Å². The molecule has 0 aliphatic rings. The summed E-state index contributed by atoms with van der Waals surface area (Å²) in [5, 5.41) is 2.88. The van der Waals surface area contributed by atoms with Crippen LogP contribution in [0.4, 0.5) is 5.82 Å². The second-order valence-electron chi connectivity index (χ2n) is 4.17. The van der Waals surface area contributed by atoms with E-state index >= 15 is 0 Å². The normalized spacial score (nSPS) is 10.6. The minimum absolute atomic E-state index is 0.0718. The number of aromatic nitrogens is 1. The number of hydrogen-bond acceptors (Lipinski definition) is 2. The molecule has 0 radical (unpaired) electrons. The molecule has 0 aromatic carbocycles. The van der Waals surface area contributed by atoms with Gasteiger partial charge in [0.05, 0.1) is 0 Å². The van der Waals surface area contributed by atoms with E-state index in [2.05, 4.69) is 10.3 Å². The van der Waals surface area contributed by atoms with Gasteiger partial charge in [0, 0.05) is 11.6 Å². The van der Waals surface area contributed by atoms with Crippen LogP contribution in [-0.2, 0) is 4.79 Å². The number of carbonyl (C=O) groups excluding carboxylic acids is 1. The molecule has 1 amide bonds. The van der Waals surface area contributed by atoms with Crippen molar-refractivity contribution in [3.63, 3.8) is 0 Å². The van der Waals surface area contributed by atoms with Gasteiger partial charge < -0.3 is 5.32 Å². The van der Waals surface area contributed by atoms with E-state index in [0.717, 1.165) is 24.1 Å². The Bertz CT molecular complexity index is 350. The lowest BCUT2D eigenvalue weighted by atomic mass is 10.0. The maximum Gasteiger partial charge on any atom is 0.228 e. The number of aryl methyl sites for hydroxylation is 2. The third-order valence-electron chi connectivity index (χ3n) is 2.71. The Hall–Kier alpha value is -1.38. The summed E-state index contributed by atoms with van der Waals surface area (Å²) < 4.78 is 0. The molecule has 1 aromatic heterocycles. The summed E-state index contributed by atoms with van der Waals surface area (Å²) in [6, 6.07) is 3.89. The van der Waals surface area contributed by atoms with E-state index in [4.69, 9.17) is 0 Å². The largest absolute Gasteiger partial charge is 0.310 e. The molecule has 88 valence electrons. The zero-order valence-electron chi connectivity index (χ0n) is 10.5. The maximum absolute atomic E-state index is 11.8. The fourth-order valence-electron chi connectivity index (χ4n) is 1.79. The van der Waals surface area contributed by atoms with Crippen LogP contribution in [0.25, 0.3) is 0 Å². The van der Waals surface area contributed by atoms with E-state index in [1.54, 1.807) is 0 Å². The summed E-state index contributed by atoms with van der Waals surface area (Å²) in [5.74, 6) is 0.819. The molecular weight excluding hydrogens is 200 g/mol. The molecule has 16 heavy (non-hydrogen) atoms. The van der Waals surface area contributed by atoms with Gasteiger partial charge in [-0.2, -0.15) is 0 Å². The number of amides is 1. The fraction of sp³-hybridized carbons (Fsp3) is 0.538. The van der Waals surface area contributed by atoms with Gasteiger partial charge in [0.15, 0.2) is 0 Å². The number of hydrogen-bond donors (Lipinski definition) is 1. The van der Waals surface area contributed by atoms with Crippen molar-refractivity contribution in [3.8, 4) is 0 Å². The Morgan fingerprint density at radius 3 is 2.44 bits per heavy atom. The van der Waals surface area contributed by atoms with Crippen LogP contribution in [0, 0.1) is 19.8 Å². The minimum atomic E-state index is 0.0718. The second-order valence-corrected chi connectivity index (χ2v) is 4.17. The van der Waals surface area contributed by atoms with Crippen LogP contribution in [0.2, 0.25) is 0 Å². The molecule has 0 aliphatic carbocycles. The number of nitrogens with one attached hydrogen (secondary N) is 1.